The molecule has 4 aromatic rings. The number of hydrogen-bond acceptors (Lipinski definition) is 9. The average Bonchev–Trinajstić information content (AvgIpc) is 3.21. The van der Waals surface area contributed by atoms with Crippen LogP contribution in [-0.2, 0) is 4.79 Å². The van der Waals surface area contributed by atoms with Crippen molar-refractivity contribution in [1.82, 2.24) is 0 Å². The van der Waals surface area contributed by atoms with Crippen LogP contribution in [0.4, 0.5) is 17.1 Å². The molecule has 0 aromatic heterocycles. The number of benzene rings is 4. The maximum atomic E-state index is 13.4. The normalized spacial score (nSPS) is 14.1. The Bertz CT molecular complexity index is 1730. The molecule has 10 nitrogen and oxygen atoms in total. The summed E-state index contributed by atoms with van der Waals surface area (Å²) in [5.41, 5.74) is 0.331. The van der Waals surface area contributed by atoms with Gasteiger partial charge in [-0.15, -0.1) is 0 Å². The van der Waals surface area contributed by atoms with Gasteiger partial charge in [-0.2, -0.15) is 0 Å². The molecule has 0 spiro atoms. The molecule has 0 radical (unpaired) electrons. The molecule has 0 bridgehead atoms. The Kier molecular flexibility index (Phi) is 7.45. The molecule has 0 N–H and O–H groups in total. The first kappa shape index (κ1) is 26.8. The molecule has 1 heterocycles. The largest absolute Gasteiger partial charge is 0.490 e. The summed E-state index contributed by atoms with van der Waals surface area (Å²) >= 11 is 6.74. The third-order valence-corrected chi connectivity index (χ3v) is 7.24. The Morgan fingerprint density at radius 2 is 1.68 bits per heavy atom. The SMILES string of the molecule is CCOc1cc(/C=C2\SC(=S)N(c3cccc4ccccc34)C2=O)ccc1Oc1ccc([N+](=O)[O-])cc1[N+](=O)[O-]. The Morgan fingerprint density at radius 3 is 2.42 bits per heavy atom. The van der Waals surface area contributed by atoms with E-state index in [0.29, 0.717) is 20.5 Å². The number of nitrogens with zero attached hydrogens (tertiary/aromatic N) is 3. The van der Waals surface area contributed by atoms with Crippen molar-refractivity contribution >= 4 is 68.1 Å². The Morgan fingerprint density at radius 1 is 0.925 bits per heavy atom. The minimum absolute atomic E-state index is 0.166. The minimum atomic E-state index is -0.755. The van der Waals surface area contributed by atoms with E-state index in [9.17, 15) is 25.0 Å². The van der Waals surface area contributed by atoms with Gasteiger partial charge in [0.25, 0.3) is 11.6 Å². The van der Waals surface area contributed by atoms with Gasteiger partial charge in [-0.25, -0.2) is 0 Å². The molecule has 0 atom stereocenters. The monoisotopic (exact) mass is 573 g/mol. The third kappa shape index (κ3) is 5.22. The number of non-ortho nitro benzene ring substituents is 1. The second kappa shape index (κ2) is 11.1. The first-order valence-electron chi connectivity index (χ1n) is 11.9. The van der Waals surface area contributed by atoms with Gasteiger partial charge in [0.2, 0.25) is 5.75 Å². The van der Waals surface area contributed by atoms with Gasteiger partial charge >= 0.3 is 5.69 Å². The highest BCUT2D eigenvalue weighted by Crippen LogP contribution is 2.41. The highest BCUT2D eigenvalue weighted by Gasteiger charge is 2.34. The fraction of sp³-hybridized carbons (Fsp3) is 0.0714. The zero-order valence-corrected chi connectivity index (χ0v) is 22.4. The molecule has 40 heavy (non-hydrogen) atoms. The number of carbonyl (C=O) groups is 1. The molecule has 5 rings (SSSR count). The summed E-state index contributed by atoms with van der Waals surface area (Å²) in [5, 5.41) is 24.5. The number of thiocarbonyl (C=S) groups is 1. The van der Waals surface area contributed by atoms with E-state index < -0.39 is 21.2 Å². The van der Waals surface area contributed by atoms with E-state index in [1.807, 2.05) is 42.5 Å². The molecule has 1 fully saturated rings. The second-order valence-electron chi connectivity index (χ2n) is 8.42. The first-order chi connectivity index (χ1) is 19.3. The van der Waals surface area contributed by atoms with Crippen LogP contribution in [0.2, 0.25) is 0 Å². The summed E-state index contributed by atoms with van der Waals surface area (Å²) in [6.45, 7) is 2.03. The molecule has 0 unspecified atom stereocenters. The van der Waals surface area contributed by atoms with E-state index in [4.69, 9.17) is 21.7 Å². The van der Waals surface area contributed by atoms with Crippen LogP contribution in [0.1, 0.15) is 12.5 Å². The lowest BCUT2D eigenvalue weighted by atomic mass is 10.1. The summed E-state index contributed by atoms with van der Waals surface area (Å²) in [5.74, 6) is -0.000837. The lowest BCUT2D eigenvalue weighted by molar-refractivity contribution is -0.394. The van der Waals surface area contributed by atoms with E-state index in [1.165, 1.54) is 22.7 Å². The third-order valence-electron chi connectivity index (χ3n) is 5.94. The zero-order valence-electron chi connectivity index (χ0n) is 20.8. The molecule has 0 saturated carbocycles. The minimum Gasteiger partial charge on any atom is -0.490 e. The van der Waals surface area contributed by atoms with Crippen LogP contribution < -0.4 is 14.4 Å². The van der Waals surface area contributed by atoms with Crippen LogP contribution in [0.3, 0.4) is 0 Å². The average molecular weight is 574 g/mol. The fourth-order valence-corrected chi connectivity index (χ4v) is 5.45. The number of nitro benzene ring substituents is 2. The summed E-state index contributed by atoms with van der Waals surface area (Å²) in [4.78, 5) is 36.5. The maximum absolute atomic E-state index is 13.4. The number of thioether (sulfide) groups is 1. The van der Waals surface area contributed by atoms with Crippen LogP contribution in [-0.4, -0.2) is 26.7 Å². The topological polar surface area (TPSA) is 125 Å². The van der Waals surface area contributed by atoms with E-state index in [2.05, 4.69) is 0 Å². The van der Waals surface area contributed by atoms with Gasteiger partial charge in [-0.3, -0.25) is 29.9 Å². The van der Waals surface area contributed by atoms with Crippen LogP contribution in [0.25, 0.3) is 16.8 Å². The van der Waals surface area contributed by atoms with Gasteiger partial charge in [0.1, 0.15) is 0 Å². The number of nitro groups is 2. The smallest absolute Gasteiger partial charge is 0.318 e. The van der Waals surface area contributed by atoms with Crippen LogP contribution in [0.15, 0.2) is 83.8 Å². The molecule has 12 heteroatoms. The van der Waals surface area contributed by atoms with Gasteiger partial charge in [0.15, 0.2) is 15.8 Å². The highest BCUT2D eigenvalue weighted by molar-refractivity contribution is 8.27. The second-order valence-corrected chi connectivity index (χ2v) is 10.1. The lowest BCUT2D eigenvalue weighted by Crippen LogP contribution is -2.27. The van der Waals surface area contributed by atoms with Crippen LogP contribution in [0, 0.1) is 20.2 Å². The molecular formula is C28H19N3O7S2. The predicted molar refractivity (Wildman–Crippen MR) is 157 cm³/mol. The molecule has 0 aliphatic carbocycles. The number of fused-ring (bicyclic) bond motifs is 1. The summed E-state index contributed by atoms with van der Waals surface area (Å²) in [7, 11) is 0. The Balaban J connectivity index is 1.46. The molecule has 1 saturated heterocycles. The number of rotatable bonds is 8. The molecular weight excluding hydrogens is 554 g/mol. The van der Waals surface area contributed by atoms with Crippen molar-refractivity contribution in [3.05, 3.63) is 110 Å². The Hall–Kier alpha value is -4.81. The number of anilines is 1. The fourth-order valence-electron chi connectivity index (χ4n) is 4.16. The van der Waals surface area contributed by atoms with Gasteiger partial charge < -0.3 is 9.47 Å². The van der Waals surface area contributed by atoms with Crippen molar-refractivity contribution in [3.8, 4) is 17.2 Å². The van der Waals surface area contributed by atoms with E-state index in [0.717, 1.165) is 22.9 Å². The van der Waals surface area contributed by atoms with E-state index >= 15 is 0 Å². The number of carbonyl (C=O) groups excluding carboxylic acids is 1. The van der Waals surface area contributed by atoms with Crippen molar-refractivity contribution in [1.29, 1.82) is 0 Å². The highest BCUT2D eigenvalue weighted by atomic mass is 32.2. The van der Waals surface area contributed by atoms with E-state index in [-0.39, 0.29) is 29.8 Å². The summed E-state index contributed by atoms with van der Waals surface area (Å²) in [6.07, 6.45) is 1.69. The Labute approximate surface area is 237 Å². The van der Waals surface area contributed by atoms with Crippen LogP contribution in [0.5, 0.6) is 17.2 Å². The maximum Gasteiger partial charge on any atom is 0.318 e. The molecule has 1 amide bonds. The standard InChI is InChI=1S/C28H19N3O7S2/c1-2-37-25-14-17(10-12-24(25)38-23-13-11-19(30(33)34)16-22(23)31(35)36)15-26-27(32)29(28(39)40-26)21-9-5-7-18-6-3-4-8-20(18)21/h3-16H,2H2,1H3/b26-15-. The van der Waals surface area contributed by atoms with Crippen molar-refractivity contribution in [2.24, 2.45) is 0 Å². The number of amides is 1. The summed E-state index contributed by atoms with van der Waals surface area (Å²) in [6, 6.07) is 21.4. The predicted octanol–water partition coefficient (Wildman–Crippen LogP) is 7.25. The molecule has 1 aliphatic rings. The van der Waals surface area contributed by atoms with Gasteiger partial charge in [-0.1, -0.05) is 66.4 Å². The zero-order chi connectivity index (χ0) is 28.4. The summed E-state index contributed by atoms with van der Waals surface area (Å²) < 4.78 is 11.9. The number of hydrogen-bond donors (Lipinski definition) is 0. The quantitative estimate of drug-likeness (QED) is 0.0927. The van der Waals surface area contributed by atoms with Gasteiger partial charge in [-0.05, 0) is 48.2 Å². The number of ether oxygens (including phenoxy) is 2. The van der Waals surface area contributed by atoms with Crippen molar-refractivity contribution in [2.75, 3.05) is 11.5 Å². The van der Waals surface area contributed by atoms with Crippen molar-refractivity contribution < 1.29 is 24.1 Å². The molecule has 200 valence electrons. The van der Waals surface area contributed by atoms with Crippen molar-refractivity contribution in [3.63, 3.8) is 0 Å². The van der Waals surface area contributed by atoms with Crippen LogP contribution >= 0.6 is 24.0 Å². The van der Waals surface area contributed by atoms with Gasteiger partial charge in [0.05, 0.1) is 33.1 Å². The lowest BCUT2D eigenvalue weighted by Gasteiger charge is -2.17. The van der Waals surface area contributed by atoms with Gasteiger partial charge in [0, 0.05) is 11.5 Å². The van der Waals surface area contributed by atoms with Crippen molar-refractivity contribution in [2.45, 2.75) is 6.92 Å². The molecule has 1 aliphatic heterocycles. The van der Waals surface area contributed by atoms with E-state index in [1.54, 1.807) is 31.2 Å². The molecule has 4 aromatic carbocycles. The first-order valence-corrected chi connectivity index (χ1v) is 13.1.